The molecule has 0 radical (unpaired) electrons. The highest BCUT2D eigenvalue weighted by Gasteiger charge is 2.30. The molecular formula is C9H14O2. The second-order valence-corrected chi connectivity index (χ2v) is 3.29. The zero-order valence-electron chi connectivity index (χ0n) is 7.52. The Morgan fingerprint density at radius 1 is 1.18 bits per heavy atom. The van der Waals surface area contributed by atoms with Crippen LogP contribution in [0.3, 0.4) is 0 Å². The van der Waals surface area contributed by atoms with Gasteiger partial charge in [-0.15, -0.1) is 0 Å². The summed E-state index contributed by atoms with van der Waals surface area (Å²) >= 11 is 0. The van der Waals surface area contributed by atoms with Crippen LogP contribution in [-0.2, 0) is 9.59 Å². The molecule has 0 saturated heterocycles. The molecule has 0 aromatic rings. The second-order valence-electron chi connectivity index (χ2n) is 3.29. The Labute approximate surface area is 67.3 Å². The van der Waals surface area contributed by atoms with Crippen LogP contribution in [0.25, 0.3) is 0 Å². The molecule has 0 heterocycles. The molecule has 0 bridgehead atoms. The molecule has 62 valence electrons. The van der Waals surface area contributed by atoms with E-state index in [1.807, 2.05) is 0 Å². The predicted molar refractivity (Wildman–Crippen MR) is 44.3 cm³/mol. The summed E-state index contributed by atoms with van der Waals surface area (Å²) in [4.78, 5) is 21.9. The molecule has 2 heteroatoms. The molecule has 0 rings (SSSR count). The molecule has 0 spiro atoms. The van der Waals surface area contributed by atoms with Crippen molar-refractivity contribution >= 4 is 11.6 Å². The average molecular weight is 154 g/mol. The van der Waals surface area contributed by atoms with E-state index in [4.69, 9.17) is 0 Å². The molecule has 2 nitrogen and oxygen atoms in total. The van der Waals surface area contributed by atoms with Gasteiger partial charge in [0.2, 0.25) is 5.78 Å². The van der Waals surface area contributed by atoms with E-state index in [0.29, 0.717) is 0 Å². The van der Waals surface area contributed by atoms with Crippen molar-refractivity contribution in [1.29, 1.82) is 0 Å². The van der Waals surface area contributed by atoms with Crippen molar-refractivity contribution in [2.75, 3.05) is 0 Å². The van der Waals surface area contributed by atoms with E-state index in [0.717, 1.165) is 5.57 Å². The SMILES string of the molecule is C=C(C)C(C)(C)C(=O)C(C)=O. The van der Waals surface area contributed by atoms with Gasteiger partial charge in [-0.25, -0.2) is 0 Å². The van der Waals surface area contributed by atoms with Gasteiger partial charge in [0.05, 0.1) is 5.41 Å². The molecule has 0 aliphatic heterocycles. The lowest BCUT2D eigenvalue weighted by Crippen LogP contribution is -2.30. The first-order valence-corrected chi connectivity index (χ1v) is 3.51. The summed E-state index contributed by atoms with van der Waals surface area (Å²) in [5, 5.41) is 0. The van der Waals surface area contributed by atoms with Gasteiger partial charge in [0.1, 0.15) is 0 Å². The molecule has 0 amide bonds. The molecular weight excluding hydrogens is 140 g/mol. The Balaban J connectivity index is 4.70. The van der Waals surface area contributed by atoms with Gasteiger partial charge >= 0.3 is 0 Å². The molecule has 0 aliphatic carbocycles. The summed E-state index contributed by atoms with van der Waals surface area (Å²) in [6, 6.07) is 0. The number of rotatable bonds is 3. The number of carbonyl (C=O) groups is 2. The van der Waals surface area contributed by atoms with Crippen LogP contribution in [0, 0.1) is 5.41 Å². The molecule has 11 heavy (non-hydrogen) atoms. The highest BCUT2D eigenvalue weighted by molar-refractivity contribution is 6.38. The van der Waals surface area contributed by atoms with Crippen molar-refractivity contribution in [1.82, 2.24) is 0 Å². The van der Waals surface area contributed by atoms with Crippen molar-refractivity contribution < 1.29 is 9.59 Å². The lowest BCUT2D eigenvalue weighted by Gasteiger charge is -2.21. The van der Waals surface area contributed by atoms with E-state index in [9.17, 15) is 9.59 Å². The molecule has 0 saturated carbocycles. The lowest BCUT2D eigenvalue weighted by atomic mass is 9.80. The monoisotopic (exact) mass is 154 g/mol. The number of ketones is 2. The highest BCUT2D eigenvalue weighted by Crippen LogP contribution is 2.25. The maximum atomic E-state index is 11.2. The largest absolute Gasteiger partial charge is 0.291 e. The number of carbonyl (C=O) groups excluding carboxylic acids is 2. The predicted octanol–water partition coefficient (Wildman–Crippen LogP) is 1.75. The summed E-state index contributed by atoms with van der Waals surface area (Å²) in [5.74, 6) is -0.775. The third-order valence-electron chi connectivity index (χ3n) is 1.95. The van der Waals surface area contributed by atoms with E-state index in [1.54, 1.807) is 20.8 Å². The summed E-state index contributed by atoms with van der Waals surface area (Å²) in [6.45, 7) is 10.1. The molecule has 0 aromatic carbocycles. The Morgan fingerprint density at radius 2 is 1.55 bits per heavy atom. The van der Waals surface area contributed by atoms with Gasteiger partial charge < -0.3 is 0 Å². The summed E-state index contributed by atoms with van der Waals surface area (Å²) in [7, 11) is 0. The third-order valence-corrected chi connectivity index (χ3v) is 1.95. The standard InChI is InChI=1S/C9H14O2/c1-6(2)9(4,5)8(11)7(3)10/h1H2,2-5H3. The maximum absolute atomic E-state index is 11.2. The topological polar surface area (TPSA) is 34.1 Å². The van der Waals surface area contributed by atoms with Gasteiger partial charge in [-0.3, -0.25) is 9.59 Å². The Bertz CT molecular complexity index is 212. The first-order valence-electron chi connectivity index (χ1n) is 3.51. The van der Waals surface area contributed by atoms with E-state index in [-0.39, 0.29) is 5.78 Å². The van der Waals surface area contributed by atoms with Gasteiger partial charge in [0, 0.05) is 6.92 Å². The number of allylic oxidation sites excluding steroid dienone is 1. The first kappa shape index (κ1) is 10.1. The maximum Gasteiger partial charge on any atom is 0.207 e. The molecule has 0 N–H and O–H groups in total. The van der Waals surface area contributed by atoms with Gasteiger partial charge in [0.15, 0.2) is 5.78 Å². The minimum atomic E-state index is -0.703. The fraction of sp³-hybridized carbons (Fsp3) is 0.556. The smallest absolute Gasteiger partial charge is 0.207 e. The summed E-state index contributed by atoms with van der Waals surface area (Å²) in [5.41, 5.74) is 0.0175. The van der Waals surface area contributed by atoms with Gasteiger partial charge in [-0.1, -0.05) is 12.2 Å². The molecule has 0 fully saturated rings. The van der Waals surface area contributed by atoms with Crippen LogP contribution in [0.1, 0.15) is 27.7 Å². The Morgan fingerprint density at radius 3 is 1.64 bits per heavy atom. The van der Waals surface area contributed by atoms with E-state index < -0.39 is 11.2 Å². The second kappa shape index (κ2) is 2.99. The highest BCUT2D eigenvalue weighted by atomic mass is 16.2. The van der Waals surface area contributed by atoms with Crippen LogP contribution in [0.2, 0.25) is 0 Å². The lowest BCUT2D eigenvalue weighted by molar-refractivity contribution is -0.139. The zero-order chi connectivity index (χ0) is 9.23. The molecule has 0 atom stereocenters. The first-order chi connectivity index (χ1) is 4.80. The Kier molecular flexibility index (Phi) is 2.74. The van der Waals surface area contributed by atoms with Crippen molar-refractivity contribution in [3.8, 4) is 0 Å². The van der Waals surface area contributed by atoms with Crippen LogP contribution < -0.4 is 0 Å². The van der Waals surface area contributed by atoms with E-state index in [2.05, 4.69) is 6.58 Å². The van der Waals surface area contributed by atoms with Crippen molar-refractivity contribution in [2.24, 2.45) is 5.41 Å². The fourth-order valence-electron chi connectivity index (χ4n) is 0.634. The number of Topliss-reactive ketones (excluding diaryl/α,β-unsaturated/α-hetero) is 2. The van der Waals surface area contributed by atoms with E-state index in [1.165, 1.54) is 6.92 Å². The van der Waals surface area contributed by atoms with Crippen molar-refractivity contribution in [3.05, 3.63) is 12.2 Å². The van der Waals surface area contributed by atoms with Crippen LogP contribution in [0.5, 0.6) is 0 Å². The van der Waals surface area contributed by atoms with Crippen LogP contribution in [-0.4, -0.2) is 11.6 Å². The minimum Gasteiger partial charge on any atom is -0.291 e. The Hall–Kier alpha value is -0.920. The van der Waals surface area contributed by atoms with Crippen LogP contribution in [0.15, 0.2) is 12.2 Å². The van der Waals surface area contributed by atoms with Crippen LogP contribution >= 0.6 is 0 Å². The van der Waals surface area contributed by atoms with Gasteiger partial charge in [-0.05, 0) is 20.8 Å². The van der Waals surface area contributed by atoms with Gasteiger partial charge in [-0.2, -0.15) is 0 Å². The third kappa shape index (κ3) is 2.00. The zero-order valence-corrected chi connectivity index (χ0v) is 7.52. The quantitative estimate of drug-likeness (QED) is 0.458. The minimum absolute atomic E-state index is 0.370. The number of hydrogen-bond donors (Lipinski definition) is 0. The fourth-order valence-corrected chi connectivity index (χ4v) is 0.634. The van der Waals surface area contributed by atoms with Crippen LogP contribution in [0.4, 0.5) is 0 Å². The number of hydrogen-bond acceptors (Lipinski definition) is 2. The normalized spacial score (nSPS) is 10.9. The summed E-state index contributed by atoms with van der Waals surface area (Å²) < 4.78 is 0. The molecule has 0 aromatic heterocycles. The molecule has 0 aliphatic rings. The molecule has 0 unspecified atom stereocenters. The average Bonchev–Trinajstić information content (AvgIpc) is 1.85. The van der Waals surface area contributed by atoms with Crippen molar-refractivity contribution in [2.45, 2.75) is 27.7 Å². The van der Waals surface area contributed by atoms with Crippen molar-refractivity contribution in [3.63, 3.8) is 0 Å². The van der Waals surface area contributed by atoms with Gasteiger partial charge in [0.25, 0.3) is 0 Å². The summed E-state index contributed by atoms with van der Waals surface area (Å²) in [6.07, 6.45) is 0. The van der Waals surface area contributed by atoms with E-state index >= 15 is 0 Å².